The van der Waals surface area contributed by atoms with Crippen molar-refractivity contribution in [2.45, 2.75) is 19.4 Å². The molecule has 2 heterocycles. The van der Waals surface area contributed by atoms with Crippen LogP contribution in [0.25, 0.3) is 0 Å². The van der Waals surface area contributed by atoms with Gasteiger partial charge in [0.15, 0.2) is 5.82 Å². The van der Waals surface area contributed by atoms with Crippen LogP contribution in [0.3, 0.4) is 0 Å². The standard InChI is InChI=1S/C17H22N6O2/c1-22-11-15(20-21-22)19-17(25)13-6-4-12(5-7-13)9-23-8-2-3-14(10-23)16(18)24/h4-7,11,14H,2-3,8-10H2,1H3,(H2,18,24)(H,19,25)/t14-/m0/s1. The maximum absolute atomic E-state index is 12.2. The summed E-state index contributed by atoms with van der Waals surface area (Å²) in [5.74, 6) is -0.0901. The molecule has 132 valence electrons. The fourth-order valence-corrected chi connectivity index (χ4v) is 3.04. The molecule has 1 aliphatic rings. The second kappa shape index (κ2) is 7.43. The zero-order chi connectivity index (χ0) is 17.8. The molecule has 1 fully saturated rings. The lowest BCUT2D eigenvalue weighted by Gasteiger charge is -2.31. The number of hydrogen-bond donors (Lipinski definition) is 2. The summed E-state index contributed by atoms with van der Waals surface area (Å²) in [4.78, 5) is 25.8. The monoisotopic (exact) mass is 342 g/mol. The Bertz CT molecular complexity index is 755. The molecule has 0 saturated carbocycles. The van der Waals surface area contributed by atoms with Crippen molar-refractivity contribution in [3.63, 3.8) is 0 Å². The van der Waals surface area contributed by atoms with E-state index in [4.69, 9.17) is 5.73 Å². The van der Waals surface area contributed by atoms with Crippen molar-refractivity contribution >= 4 is 17.6 Å². The number of benzene rings is 1. The summed E-state index contributed by atoms with van der Waals surface area (Å²) >= 11 is 0. The average Bonchev–Trinajstić information content (AvgIpc) is 3.00. The summed E-state index contributed by atoms with van der Waals surface area (Å²) < 4.78 is 1.52. The third-order valence-electron chi connectivity index (χ3n) is 4.37. The Balaban J connectivity index is 1.58. The molecular formula is C17H22N6O2. The van der Waals surface area contributed by atoms with E-state index in [1.807, 2.05) is 12.1 Å². The molecule has 1 aromatic carbocycles. The number of nitrogens with one attached hydrogen (secondary N) is 1. The first-order valence-electron chi connectivity index (χ1n) is 8.29. The number of rotatable bonds is 5. The Kier molecular flexibility index (Phi) is 5.08. The summed E-state index contributed by atoms with van der Waals surface area (Å²) in [6.07, 6.45) is 3.48. The molecule has 0 bridgehead atoms. The van der Waals surface area contributed by atoms with Gasteiger partial charge in [0.05, 0.1) is 12.1 Å². The number of anilines is 1. The number of nitrogens with two attached hydrogens (primary N) is 1. The van der Waals surface area contributed by atoms with Crippen LogP contribution in [0, 0.1) is 5.92 Å². The predicted octanol–water partition coefficient (Wildman–Crippen LogP) is 0.765. The van der Waals surface area contributed by atoms with E-state index >= 15 is 0 Å². The number of likely N-dealkylation sites (tertiary alicyclic amines) is 1. The van der Waals surface area contributed by atoms with Crippen molar-refractivity contribution in [3.8, 4) is 0 Å². The number of aryl methyl sites for hydroxylation is 1. The van der Waals surface area contributed by atoms with Crippen molar-refractivity contribution in [2.75, 3.05) is 18.4 Å². The van der Waals surface area contributed by atoms with Gasteiger partial charge in [-0.15, -0.1) is 5.10 Å². The molecule has 0 aliphatic carbocycles. The molecule has 1 aliphatic heterocycles. The Morgan fingerprint density at radius 2 is 2.08 bits per heavy atom. The van der Waals surface area contributed by atoms with Gasteiger partial charge in [-0.2, -0.15) is 0 Å². The van der Waals surface area contributed by atoms with E-state index in [-0.39, 0.29) is 17.7 Å². The molecule has 2 aromatic rings. The minimum atomic E-state index is -0.223. The lowest BCUT2D eigenvalue weighted by molar-refractivity contribution is -0.123. The molecule has 8 heteroatoms. The third kappa shape index (κ3) is 4.42. The number of amides is 2. The molecular weight excluding hydrogens is 320 g/mol. The van der Waals surface area contributed by atoms with Crippen LogP contribution < -0.4 is 11.1 Å². The van der Waals surface area contributed by atoms with Crippen molar-refractivity contribution in [1.82, 2.24) is 19.9 Å². The summed E-state index contributed by atoms with van der Waals surface area (Å²) in [7, 11) is 1.74. The van der Waals surface area contributed by atoms with Crippen molar-refractivity contribution < 1.29 is 9.59 Å². The van der Waals surface area contributed by atoms with Gasteiger partial charge in [-0.25, -0.2) is 0 Å². The van der Waals surface area contributed by atoms with Gasteiger partial charge >= 0.3 is 0 Å². The van der Waals surface area contributed by atoms with Crippen LogP contribution in [-0.2, 0) is 18.4 Å². The highest BCUT2D eigenvalue weighted by molar-refractivity contribution is 6.03. The number of carbonyl (C=O) groups is 2. The highest BCUT2D eigenvalue weighted by atomic mass is 16.2. The molecule has 8 nitrogen and oxygen atoms in total. The van der Waals surface area contributed by atoms with Crippen LogP contribution in [0.5, 0.6) is 0 Å². The van der Waals surface area contributed by atoms with Gasteiger partial charge in [0.2, 0.25) is 5.91 Å². The fraction of sp³-hybridized carbons (Fsp3) is 0.412. The van der Waals surface area contributed by atoms with Crippen molar-refractivity contribution in [1.29, 1.82) is 0 Å². The third-order valence-corrected chi connectivity index (χ3v) is 4.37. The summed E-state index contributed by atoms with van der Waals surface area (Å²) in [5.41, 5.74) is 7.08. The number of nitrogens with zero attached hydrogens (tertiary/aromatic N) is 4. The van der Waals surface area contributed by atoms with Gasteiger partial charge in [0, 0.05) is 25.7 Å². The number of primary amides is 1. The van der Waals surface area contributed by atoms with Crippen LogP contribution >= 0.6 is 0 Å². The quantitative estimate of drug-likeness (QED) is 0.834. The van der Waals surface area contributed by atoms with Gasteiger partial charge in [-0.1, -0.05) is 17.3 Å². The predicted molar refractivity (Wildman–Crippen MR) is 92.6 cm³/mol. The lowest BCUT2D eigenvalue weighted by atomic mass is 9.97. The van der Waals surface area contributed by atoms with Crippen LogP contribution in [0.4, 0.5) is 5.82 Å². The van der Waals surface area contributed by atoms with Crippen LogP contribution in [0.2, 0.25) is 0 Å². The molecule has 0 radical (unpaired) electrons. The first-order chi connectivity index (χ1) is 12.0. The first-order valence-corrected chi connectivity index (χ1v) is 8.29. The van der Waals surface area contributed by atoms with Gasteiger partial charge in [-0.05, 0) is 37.1 Å². The van der Waals surface area contributed by atoms with Crippen molar-refractivity contribution in [3.05, 3.63) is 41.6 Å². The Labute approximate surface area is 146 Å². The highest BCUT2D eigenvalue weighted by Crippen LogP contribution is 2.18. The zero-order valence-corrected chi connectivity index (χ0v) is 14.2. The van der Waals surface area contributed by atoms with Gasteiger partial charge in [0.1, 0.15) is 0 Å². The van der Waals surface area contributed by atoms with Crippen LogP contribution in [-0.4, -0.2) is 44.8 Å². The van der Waals surface area contributed by atoms with E-state index in [1.54, 1.807) is 25.4 Å². The van der Waals surface area contributed by atoms with E-state index in [2.05, 4.69) is 20.5 Å². The first kappa shape index (κ1) is 17.1. The molecule has 2 amide bonds. The van der Waals surface area contributed by atoms with Crippen LogP contribution in [0.1, 0.15) is 28.8 Å². The molecule has 3 N–H and O–H groups in total. The van der Waals surface area contributed by atoms with Crippen LogP contribution in [0.15, 0.2) is 30.5 Å². The van der Waals surface area contributed by atoms with Gasteiger partial charge in [-0.3, -0.25) is 19.2 Å². The van der Waals surface area contributed by atoms with E-state index in [0.717, 1.165) is 31.5 Å². The van der Waals surface area contributed by atoms with E-state index in [9.17, 15) is 9.59 Å². The molecule has 1 atom stereocenters. The molecule has 0 unspecified atom stereocenters. The number of hydrogen-bond acceptors (Lipinski definition) is 5. The topological polar surface area (TPSA) is 106 Å². The zero-order valence-electron chi connectivity index (χ0n) is 14.2. The smallest absolute Gasteiger partial charge is 0.256 e. The average molecular weight is 342 g/mol. The summed E-state index contributed by atoms with van der Waals surface area (Å²) in [6.45, 7) is 2.40. The maximum atomic E-state index is 12.2. The maximum Gasteiger partial charge on any atom is 0.256 e. The molecule has 1 saturated heterocycles. The minimum absolute atomic E-state index is 0.0641. The minimum Gasteiger partial charge on any atom is -0.369 e. The normalized spacial score (nSPS) is 18.0. The second-order valence-electron chi connectivity index (χ2n) is 6.41. The number of aromatic nitrogens is 3. The largest absolute Gasteiger partial charge is 0.369 e. The molecule has 25 heavy (non-hydrogen) atoms. The van der Waals surface area contributed by atoms with Gasteiger partial charge in [0.25, 0.3) is 5.91 Å². The second-order valence-corrected chi connectivity index (χ2v) is 6.41. The SMILES string of the molecule is Cn1cc(NC(=O)c2ccc(CN3CCC[C@H](C(N)=O)C3)cc2)nn1. The summed E-state index contributed by atoms with van der Waals surface area (Å²) in [6, 6.07) is 7.44. The number of piperidine rings is 1. The lowest BCUT2D eigenvalue weighted by Crippen LogP contribution is -2.40. The molecule has 1 aromatic heterocycles. The van der Waals surface area contributed by atoms with E-state index < -0.39 is 0 Å². The number of carbonyl (C=O) groups excluding carboxylic acids is 2. The Morgan fingerprint density at radius 1 is 1.32 bits per heavy atom. The Hall–Kier alpha value is -2.74. The van der Waals surface area contributed by atoms with Gasteiger partial charge < -0.3 is 11.1 Å². The summed E-state index contributed by atoms with van der Waals surface area (Å²) in [5, 5.41) is 10.3. The molecule has 0 spiro atoms. The Morgan fingerprint density at radius 3 is 2.72 bits per heavy atom. The highest BCUT2D eigenvalue weighted by Gasteiger charge is 2.23. The fourth-order valence-electron chi connectivity index (χ4n) is 3.04. The van der Waals surface area contributed by atoms with E-state index in [0.29, 0.717) is 17.9 Å². The van der Waals surface area contributed by atoms with Crippen molar-refractivity contribution in [2.24, 2.45) is 18.7 Å². The van der Waals surface area contributed by atoms with E-state index in [1.165, 1.54) is 4.68 Å². The molecule has 3 rings (SSSR count).